The zero-order chi connectivity index (χ0) is 13.2. The Hall–Kier alpha value is -0.260. The maximum atomic E-state index is 3.94. The Labute approximate surface area is 114 Å². The van der Waals surface area contributed by atoms with Gasteiger partial charge in [-0.05, 0) is 61.2 Å². The standard InChI is InChI=1S/C18H32/c1-5-14(2)9-12-17-15(3)10-11-16-8-6-7-13-18(16,17)4/h5,14-17H,1,6-13H2,2-4H3. The Balaban J connectivity index is 2.05. The lowest BCUT2D eigenvalue weighted by atomic mass is 9.52. The third kappa shape index (κ3) is 2.68. The molecule has 0 aromatic heterocycles. The molecule has 0 heterocycles. The van der Waals surface area contributed by atoms with Crippen molar-refractivity contribution in [3.8, 4) is 0 Å². The smallest absolute Gasteiger partial charge is 0.0265 e. The van der Waals surface area contributed by atoms with Gasteiger partial charge in [0.25, 0.3) is 0 Å². The van der Waals surface area contributed by atoms with Gasteiger partial charge in [-0.15, -0.1) is 6.58 Å². The minimum Gasteiger partial charge on any atom is -0.103 e. The maximum absolute atomic E-state index is 3.94. The van der Waals surface area contributed by atoms with Crippen molar-refractivity contribution >= 4 is 0 Å². The molecule has 2 aliphatic carbocycles. The molecule has 0 saturated heterocycles. The molecule has 5 atom stereocenters. The van der Waals surface area contributed by atoms with E-state index in [1.54, 1.807) is 0 Å². The first-order valence-corrected chi connectivity index (χ1v) is 8.20. The second kappa shape index (κ2) is 5.80. The number of allylic oxidation sites excluding steroid dienone is 1. The van der Waals surface area contributed by atoms with Crippen molar-refractivity contribution in [2.24, 2.45) is 29.1 Å². The minimum atomic E-state index is 0.663. The first-order valence-electron chi connectivity index (χ1n) is 8.20. The quantitative estimate of drug-likeness (QED) is 0.549. The SMILES string of the molecule is C=CC(C)CCC1C(C)CCC2CCCCC21C. The van der Waals surface area contributed by atoms with E-state index in [0.717, 1.165) is 17.8 Å². The lowest BCUT2D eigenvalue weighted by Crippen LogP contribution is -2.44. The van der Waals surface area contributed by atoms with E-state index in [0.29, 0.717) is 11.3 Å². The van der Waals surface area contributed by atoms with E-state index in [9.17, 15) is 0 Å². The van der Waals surface area contributed by atoms with Crippen LogP contribution in [0, 0.1) is 29.1 Å². The number of hydrogen-bond donors (Lipinski definition) is 0. The maximum Gasteiger partial charge on any atom is -0.0265 e. The number of fused-ring (bicyclic) bond motifs is 1. The van der Waals surface area contributed by atoms with Crippen molar-refractivity contribution in [2.75, 3.05) is 0 Å². The van der Waals surface area contributed by atoms with Gasteiger partial charge in [-0.2, -0.15) is 0 Å². The highest BCUT2D eigenvalue weighted by atomic mass is 14.5. The first kappa shape index (κ1) is 14.2. The molecule has 5 unspecified atom stereocenters. The normalized spacial score (nSPS) is 42.1. The summed E-state index contributed by atoms with van der Waals surface area (Å²) in [6, 6.07) is 0. The predicted molar refractivity (Wildman–Crippen MR) is 80.5 cm³/mol. The van der Waals surface area contributed by atoms with Crippen LogP contribution in [0.3, 0.4) is 0 Å². The molecule has 0 bridgehead atoms. The number of hydrogen-bond acceptors (Lipinski definition) is 0. The van der Waals surface area contributed by atoms with Gasteiger partial charge in [-0.25, -0.2) is 0 Å². The topological polar surface area (TPSA) is 0 Å². The molecule has 18 heavy (non-hydrogen) atoms. The summed E-state index contributed by atoms with van der Waals surface area (Å²) in [6.45, 7) is 11.4. The fourth-order valence-electron chi connectivity index (χ4n) is 4.88. The van der Waals surface area contributed by atoms with Crippen LogP contribution in [-0.4, -0.2) is 0 Å². The van der Waals surface area contributed by atoms with Crippen LogP contribution >= 0.6 is 0 Å². The molecule has 2 saturated carbocycles. The molecule has 0 aliphatic heterocycles. The van der Waals surface area contributed by atoms with E-state index in [2.05, 4.69) is 33.4 Å². The first-order chi connectivity index (χ1) is 8.58. The van der Waals surface area contributed by atoms with Crippen molar-refractivity contribution < 1.29 is 0 Å². The molecular weight excluding hydrogens is 216 g/mol. The van der Waals surface area contributed by atoms with Gasteiger partial charge in [0.2, 0.25) is 0 Å². The second-order valence-corrected chi connectivity index (χ2v) is 7.40. The molecule has 0 heteroatoms. The highest BCUT2D eigenvalue weighted by molar-refractivity contribution is 4.97. The van der Waals surface area contributed by atoms with Crippen LogP contribution in [0.1, 0.15) is 72.1 Å². The summed E-state index contributed by atoms with van der Waals surface area (Å²) in [7, 11) is 0. The fraction of sp³-hybridized carbons (Fsp3) is 0.889. The van der Waals surface area contributed by atoms with E-state index >= 15 is 0 Å². The fourth-order valence-corrected chi connectivity index (χ4v) is 4.88. The molecule has 0 nitrogen and oxygen atoms in total. The predicted octanol–water partition coefficient (Wildman–Crippen LogP) is 5.83. The average molecular weight is 248 g/mol. The molecule has 0 aromatic carbocycles. The van der Waals surface area contributed by atoms with Crippen molar-refractivity contribution in [3.05, 3.63) is 12.7 Å². The summed E-state index contributed by atoms with van der Waals surface area (Å²) in [6.07, 6.45) is 13.9. The van der Waals surface area contributed by atoms with Gasteiger partial charge in [-0.3, -0.25) is 0 Å². The molecular formula is C18H32. The molecule has 2 fully saturated rings. The summed E-state index contributed by atoms with van der Waals surface area (Å²) >= 11 is 0. The van der Waals surface area contributed by atoms with Gasteiger partial charge in [0.1, 0.15) is 0 Å². The van der Waals surface area contributed by atoms with Crippen molar-refractivity contribution in [2.45, 2.75) is 72.1 Å². The molecule has 104 valence electrons. The van der Waals surface area contributed by atoms with E-state index < -0.39 is 0 Å². The van der Waals surface area contributed by atoms with Crippen molar-refractivity contribution in [3.63, 3.8) is 0 Å². The summed E-state index contributed by atoms with van der Waals surface area (Å²) in [5.74, 6) is 3.65. The van der Waals surface area contributed by atoms with Crippen LogP contribution in [0.2, 0.25) is 0 Å². The van der Waals surface area contributed by atoms with Gasteiger partial charge in [0.15, 0.2) is 0 Å². The van der Waals surface area contributed by atoms with Gasteiger partial charge < -0.3 is 0 Å². The summed E-state index contributed by atoms with van der Waals surface area (Å²) < 4.78 is 0. The number of rotatable bonds is 4. The van der Waals surface area contributed by atoms with E-state index in [1.807, 2.05) is 0 Å². The molecule has 0 amide bonds. The Kier molecular flexibility index (Phi) is 4.56. The van der Waals surface area contributed by atoms with Crippen LogP contribution in [0.15, 0.2) is 12.7 Å². The van der Waals surface area contributed by atoms with Gasteiger partial charge in [0.05, 0.1) is 0 Å². The lowest BCUT2D eigenvalue weighted by molar-refractivity contribution is -0.0354. The van der Waals surface area contributed by atoms with Gasteiger partial charge in [-0.1, -0.05) is 46.1 Å². The van der Waals surface area contributed by atoms with E-state index in [4.69, 9.17) is 0 Å². The minimum absolute atomic E-state index is 0.663. The highest BCUT2D eigenvalue weighted by Crippen LogP contribution is 2.56. The lowest BCUT2D eigenvalue weighted by Gasteiger charge is -2.53. The third-order valence-electron chi connectivity index (χ3n) is 6.29. The van der Waals surface area contributed by atoms with Crippen molar-refractivity contribution in [1.82, 2.24) is 0 Å². The molecule has 2 rings (SSSR count). The largest absolute Gasteiger partial charge is 0.103 e. The summed E-state index contributed by atoms with van der Waals surface area (Å²) in [5.41, 5.74) is 0.663. The monoisotopic (exact) mass is 248 g/mol. The molecule has 0 radical (unpaired) electrons. The Morgan fingerprint density at radius 2 is 2.06 bits per heavy atom. The molecule has 0 N–H and O–H groups in total. The zero-order valence-corrected chi connectivity index (χ0v) is 12.8. The van der Waals surface area contributed by atoms with Crippen LogP contribution in [0.5, 0.6) is 0 Å². The average Bonchev–Trinajstić information content (AvgIpc) is 2.37. The van der Waals surface area contributed by atoms with E-state index in [1.165, 1.54) is 51.4 Å². The Bertz CT molecular complexity index is 280. The zero-order valence-electron chi connectivity index (χ0n) is 12.8. The summed E-state index contributed by atoms with van der Waals surface area (Å²) in [5, 5.41) is 0. The Morgan fingerprint density at radius 1 is 1.28 bits per heavy atom. The van der Waals surface area contributed by atoms with Crippen LogP contribution in [-0.2, 0) is 0 Å². The molecule has 0 spiro atoms. The third-order valence-corrected chi connectivity index (χ3v) is 6.29. The Morgan fingerprint density at radius 3 is 2.78 bits per heavy atom. The summed E-state index contributed by atoms with van der Waals surface area (Å²) in [4.78, 5) is 0. The van der Waals surface area contributed by atoms with Gasteiger partial charge in [0, 0.05) is 0 Å². The van der Waals surface area contributed by atoms with E-state index in [-0.39, 0.29) is 0 Å². The second-order valence-electron chi connectivity index (χ2n) is 7.40. The van der Waals surface area contributed by atoms with Gasteiger partial charge >= 0.3 is 0 Å². The molecule has 0 aromatic rings. The van der Waals surface area contributed by atoms with Crippen molar-refractivity contribution in [1.29, 1.82) is 0 Å². The van der Waals surface area contributed by atoms with Crippen LogP contribution in [0.25, 0.3) is 0 Å². The van der Waals surface area contributed by atoms with Crippen LogP contribution in [0.4, 0.5) is 0 Å². The van der Waals surface area contributed by atoms with Crippen LogP contribution < -0.4 is 0 Å². The highest BCUT2D eigenvalue weighted by Gasteiger charge is 2.47. The molecule has 2 aliphatic rings.